The summed E-state index contributed by atoms with van der Waals surface area (Å²) in [5.74, 6) is 0.642. The predicted octanol–water partition coefficient (Wildman–Crippen LogP) is 5.62. The van der Waals surface area contributed by atoms with Crippen LogP contribution < -0.4 is 4.74 Å². The standard InChI is InChI=1S/C25H25Cl2N5O3S/c1-2-11-36-24-30-29-17-32(24)19-4-6-20(7-5-19)33-13-21-14-34-25(35-21,15-31-10-9-28-16-31)22-8-3-18(26)12-23(22)27/h3-10,12,16-17,21H,2,11,13-15H2,1H3. The average Bonchev–Trinajstić information content (AvgIpc) is 3.64. The summed E-state index contributed by atoms with van der Waals surface area (Å²) in [6.07, 6.45) is 7.78. The van der Waals surface area contributed by atoms with Gasteiger partial charge < -0.3 is 18.8 Å². The maximum atomic E-state index is 6.54. The summed E-state index contributed by atoms with van der Waals surface area (Å²) in [6.45, 7) is 3.20. The van der Waals surface area contributed by atoms with Crippen molar-refractivity contribution < 1.29 is 14.2 Å². The molecule has 2 atom stereocenters. The lowest BCUT2D eigenvalue weighted by molar-refractivity contribution is -0.189. The zero-order valence-electron chi connectivity index (χ0n) is 19.6. The number of imidazole rings is 1. The Morgan fingerprint density at radius 3 is 2.78 bits per heavy atom. The predicted molar refractivity (Wildman–Crippen MR) is 139 cm³/mol. The lowest BCUT2D eigenvalue weighted by Gasteiger charge is -2.30. The fourth-order valence-corrected chi connectivity index (χ4v) is 5.30. The molecule has 0 N–H and O–H groups in total. The smallest absolute Gasteiger partial charge is 0.215 e. The molecular formula is C25H25Cl2N5O3S. The fourth-order valence-electron chi connectivity index (χ4n) is 3.96. The number of hydrogen-bond donors (Lipinski definition) is 0. The molecule has 0 amide bonds. The van der Waals surface area contributed by atoms with E-state index in [4.69, 9.17) is 37.4 Å². The van der Waals surface area contributed by atoms with Crippen LogP contribution in [0.4, 0.5) is 0 Å². The van der Waals surface area contributed by atoms with Crippen LogP contribution in [0.2, 0.25) is 10.0 Å². The van der Waals surface area contributed by atoms with Gasteiger partial charge in [-0.1, -0.05) is 48.0 Å². The minimum absolute atomic E-state index is 0.296. The number of ether oxygens (including phenoxy) is 3. The molecule has 0 spiro atoms. The van der Waals surface area contributed by atoms with Crippen molar-refractivity contribution in [2.45, 2.75) is 36.9 Å². The van der Waals surface area contributed by atoms with Crippen LogP contribution in [0, 0.1) is 0 Å². The van der Waals surface area contributed by atoms with Crippen molar-refractivity contribution >= 4 is 35.0 Å². The normalized spacial score (nSPS) is 19.6. The highest BCUT2D eigenvalue weighted by Crippen LogP contribution is 2.40. The summed E-state index contributed by atoms with van der Waals surface area (Å²) in [6, 6.07) is 13.1. The minimum Gasteiger partial charge on any atom is -0.491 e. The molecule has 0 saturated carbocycles. The van der Waals surface area contributed by atoms with E-state index in [-0.39, 0.29) is 6.10 Å². The van der Waals surface area contributed by atoms with Crippen molar-refractivity contribution in [1.29, 1.82) is 0 Å². The highest BCUT2D eigenvalue weighted by Gasteiger charge is 2.45. The average molecular weight is 546 g/mol. The molecule has 5 rings (SSSR count). The highest BCUT2D eigenvalue weighted by atomic mass is 35.5. The van der Waals surface area contributed by atoms with Crippen LogP contribution in [-0.4, -0.2) is 49.4 Å². The van der Waals surface area contributed by atoms with Crippen molar-refractivity contribution in [3.8, 4) is 11.4 Å². The van der Waals surface area contributed by atoms with Gasteiger partial charge in [0.15, 0.2) is 5.16 Å². The third kappa shape index (κ3) is 5.55. The molecule has 188 valence electrons. The summed E-state index contributed by atoms with van der Waals surface area (Å²) >= 11 is 14.4. The van der Waals surface area contributed by atoms with Gasteiger partial charge in [-0.25, -0.2) is 4.98 Å². The van der Waals surface area contributed by atoms with Gasteiger partial charge in [0.2, 0.25) is 5.79 Å². The Kier molecular flexibility index (Phi) is 7.83. The molecular weight excluding hydrogens is 521 g/mol. The van der Waals surface area contributed by atoms with Gasteiger partial charge in [0.1, 0.15) is 24.8 Å². The fraction of sp³-hybridized carbons (Fsp3) is 0.320. The molecule has 0 radical (unpaired) electrons. The highest BCUT2D eigenvalue weighted by molar-refractivity contribution is 7.99. The molecule has 1 fully saturated rings. The molecule has 3 heterocycles. The van der Waals surface area contributed by atoms with Crippen LogP contribution in [0.1, 0.15) is 18.9 Å². The zero-order chi connectivity index (χ0) is 25.0. The first-order valence-corrected chi connectivity index (χ1v) is 13.3. The molecule has 2 aromatic carbocycles. The van der Waals surface area contributed by atoms with Crippen molar-refractivity contribution in [1.82, 2.24) is 24.3 Å². The number of nitrogens with zero attached hydrogens (tertiary/aromatic N) is 5. The van der Waals surface area contributed by atoms with Crippen LogP contribution in [0.5, 0.6) is 5.75 Å². The second-order valence-electron chi connectivity index (χ2n) is 8.30. The van der Waals surface area contributed by atoms with E-state index in [1.165, 1.54) is 0 Å². The van der Waals surface area contributed by atoms with Crippen LogP contribution in [0.25, 0.3) is 5.69 Å². The van der Waals surface area contributed by atoms with E-state index in [9.17, 15) is 0 Å². The Labute approximate surface area is 223 Å². The molecule has 2 aromatic heterocycles. The number of aromatic nitrogens is 5. The van der Waals surface area contributed by atoms with E-state index < -0.39 is 5.79 Å². The largest absolute Gasteiger partial charge is 0.491 e. The van der Waals surface area contributed by atoms with Crippen molar-refractivity contribution in [3.05, 3.63) is 83.1 Å². The van der Waals surface area contributed by atoms with E-state index in [1.54, 1.807) is 42.7 Å². The van der Waals surface area contributed by atoms with Crippen LogP contribution >= 0.6 is 35.0 Å². The van der Waals surface area contributed by atoms with E-state index >= 15 is 0 Å². The SMILES string of the molecule is CCCSc1nncn1-c1ccc(OCC2COC(Cn3ccnc3)(c3ccc(Cl)cc3Cl)O2)cc1. The van der Waals surface area contributed by atoms with Gasteiger partial charge in [0, 0.05) is 34.4 Å². The lowest BCUT2D eigenvalue weighted by atomic mass is 10.1. The zero-order valence-corrected chi connectivity index (χ0v) is 21.9. The van der Waals surface area contributed by atoms with E-state index in [0.29, 0.717) is 35.4 Å². The second-order valence-corrected chi connectivity index (χ2v) is 10.2. The van der Waals surface area contributed by atoms with Gasteiger partial charge in [-0.3, -0.25) is 4.57 Å². The van der Waals surface area contributed by atoms with Crippen LogP contribution in [0.3, 0.4) is 0 Å². The van der Waals surface area contributed by atoms with E-state index in [1.807, 2.05) is 45.7 Å². The number of rotatable bonds is 10. The Morgan fingerprint density at radius 2 is 2.03 bits per heavy atom. The number of halogens is 2. The molecule has 2 unspecified atom stereocenters. The lowest BCUT2D eigenvalue weighted by Crippen LogP contribution is -2.34. The third-order valence-corrected chi connectivity index (χ3v) is 7.35. The quantitative estimate of drug-likeness (QED) is 0.239. The van der Waals surface area contributed by atoms with Crippen molar-refractivity contribution in [2.75, 3.05) is 19.0 Å². The van der Waals surface area contributed by atoms with E-state index in [2.05, 4.69) is 22.1 Å². The van der Waals surface area contributed by atoms with Crippen LogP contribution in [0.15, 0.2) is 72.7 Å². The first-order valence-electron chi connectivity index (χ1n) is 11.6. The van der Waals surface area contributed by atoms with Gasteiger partial charge in [-0.15, -0.1) is 10.2 Å². The third-order valence-electron chi connectivity index (χ3n) is 5.65. The molecule has 0 aliphatic carbocycles. The topological polar surface area (TPSA) is 76.2 Å². The molecule has 36 heavy (non-hydrogen) atoms. The Hall–Kier alpha value is -2.56. The molecule has 1 aliphatic rings. The Morgan fingerprint density at radius 1 is 1.17 bits per heavy atom. The first kappa shape index (κ1) is 25.1. The van der Waals surface area contributed by atoms with Crippen LogP contribution in [-0.2, 0) is 21.8 Å². The summed E-state index contributed by atoms with van der Waals surface area (Å²) < 4.78 is 22.6. The van der Waals surface area contributed by atoms with Crippen molar-refractivity contribution in [3.63, 3.8) is 0 Å². The minimum atomic E-state index is -1.08. The van der Waals surface area contributed by atoms with E-state index in [0.717, 1.165) is 28.8 Å². The molecule has 8 nitrogen and oxygen atoms in total. The maximum absolute atomic E-state index is 6.54. The Balaban J connectivity index is 1.26. The second kappa shape index (κ2) is 11.2. The molecule has 0 bridgehead atoms. The molecule has 4 aromatic rings. The monoisotopic (exact) mass is 545 g/mol. The first-order chi connectivity index (χ1) is 17.6. The Bertz CT molecular complexity index is 1290. The van der Waals surface area contributed by atoms with Gasteiger partial charge in [-0.05, 0) is 42.8 Å². The van der Waals surface area contributed by atoms with Gasteiger partial charge in [-0.2, -0.15) is 0 Å². The van der Waals surface area contributed by atoms with Gasteiger partial charge >= 0.3 is 0 Å². The summed E-state index contributed by atoms with van der Waals surface area (Å²) in [7, 11) is 0. The number of hydrogen-bond acceptors (Lipinski definition) is 7. The van der Waals surface area contributed by atoms with Gasteiger partial charge in [0.05, 0.1) is 24.5 Å². The van der Waals surface area contributed by atoms with Crippen molar-refractivity contribution in [2.24, 2.45) is 0 Å². The summed E-state index contributed by atoms with van der Waals surface area (Å²) in [5.41, 5.74) is 1.68. The maximum Gasteiger partial charge on any atom is 0.215 e. The summed E-state index contributed by atoms with van der Waals surface area (Å²) in [5, 5.41) is 10.2. The molecule has 1 aliphatic heterocycles. The summed E-state index contributed by atoms with van der Waals surface area (Å²) in [4.78, 5) is 4.13. The number of thioether (sulfide) groups is 1. The van der Waals surface area contributed by atoms with Gasteiger partial charge in [0.25, 0.3) is 0 Å². The molecule has 1 saturated heterocycles. The number of benzene rings is 2. The molecule has 11 heteroatoms.